The summed E-state index contributed by atoms with van der Waals surface area (Å²) in [6.07, 6.45) is 7.68. The minimum Gasteiger partial charge on any atom is -0.325 e. The number of pyridine rings is 1. The van der Waals surface area contributed by atoms with E-state index in [-0.39, 0.29) is 5.91 Å². The number of aromatic nitrogens is 3. The predicted octanol–water partition coefficient (Wildman–Crippen LogP) is 3.04. The van der Waals surface area contributed by atoms with Crippen molar-refractivity contribution in [2.24, 2.45) is 24.8 Å². The summed E-state index contributed by atoms with van der Waals surface area (Å²) in [4.78, 5) is 16.7. The summed E-state index contributed by atoms with van der Waals surface area (Å²) in [7, 11) is 1.88. The Hall–Kier alpha value is -1.91. The molecule has 116 valence electrons. The Morgan fingerprint density at radius 2 is 2.27 bits per heavy atom. The quantitative estimate of drug-likeness (QED) is 0.947. The summed E-state index contributed by atoms with van der Waals surface area (Å²) >= 11 is 0. The number of nitrogens with zero attached hydrogens (tertiary/aromatic N) is 3. The predicted molar refractivity (Wildman–Crippen MR) is 85.4 cm³/mol. The molecule has 3 atom stereocenters. The third-order valence-corrected chi connectivity index (χ3v) is 5.48. The number of fused-ring (bicyclic) bond motifs is 3. The topological polar surface area (TPSA) is 59.8 Å². The van der Waals surface area contributed by atoms with E-state index in [4.69, 9.17) is 0 Å². The molecule has 2 aliphatic carbocycles. The van der Waals surface area contributed by atoms with Crippen molar-refractivity contribution >= 4 is 22.6 Å². The van der Waals surface area contributed by atoms with Crippen LogP contribution < -0.4 is 5.32 Å². The van der Waals surface area contributed by atoms with E-state index in [1.165, 1.54) is 25.7 Å². The Kier molecular flexibility index (Phi) is 3.17. The molecule has 22 heavy (non-hydrogen) atoms. The van der Waals surface area contributed by atoms with Crippen LogP contribution in [0.3, 0.4) is 0 Å². The van der Waals surface area contributed by atoms with Gasteiger partial charge >= 0.3 is 0 Å². The molecule has 0 aliphatic heterocycles. The summed E-state index contributed by atoms with van der Waals surface area (Å²) in [5.41, 5.74) is 2.56. The Balaban J connectivity index is 1.46. The number of rotatable bonds is 3. The highest BCUT2D eigenvalue weighted by Crippen LogP contribution is 2.49. The minimum absolute atomic E-state index is 0.125. The molecule has 1 N–H and O–H groups in total. The van der Waals surface area contributed by atoms with Crippen molar-refractivity contribution in [3.05, 3.63) is 18.0 Å². The van der Waals surface area contributed by atoms with Crippen molar-refractivity contribution in [3.63, 3.8) is 0 Å². The minimum atomic E-state index is 0.125. The molecule has 1 amide bonds. The van der Waals surface area contributed by atoms with Crippen LogP contribution in [-0.4, -0.2) is 20.7 Å². The van der Waals surface area contributed by atoms with Gasteiger partial charge in [0.1, 0.15) is 0 Å². The number of hydrogen-bond donors (Lipinski definition) is 1. The van der Waals surface area contributed by atoms with Crippen LogP contribution in [-0.2, 0) is 11.8 Å². The van der Waals surface area contributed by atoms with Gasteiger partial charge in [0, 0.05) is 18.9 Å². The van der Waals surface area contributed by atoms with Crippen molar-refractivity contribution in [2.75, 3.05) is 5.32 Å². The molecule has 5 heteroatoms. The summed E-state index contributed by atoms with van der Waals surface area (Å²) < 4.78 is 1.77. The normalized spacial score (nSPS) is 26.7. The lowest BCUT2D eigenvalue weighted by Crippen LogP contribution is -2.20. The largest absolute Gasteiger partial charge is 0.325 e. The molecule has 2 bridgehead atoms. The second-order valence-electron chi connectivity index (χ2n) is 6.99. The molecule has 4 rings (SSSR count). The van der Waals surface area contributed by atoms with Gasteiger partial charge < -0.3 is 5.32 Å². The molecule has 0 saturated heterocycles. The number of anilines is 1. The van der Waals surface area contributed by atoms with Gasteiger partial charge in [-0.25, -0.2) is 4.98 Å². The van der Waals surface area contributed by atoms with Crippen LogP contribution in [0.25, 0.3) is 11.0 Å². The summed E-state index contributed by atoms with van der Waals surface area (Å²) in [6.45, 7) is 1.96. The van der Waals surface area contributed by atoms with Gasteiger partial charge in [0.05, 0.1) is 17.6 Å². The molecule has 2 saturated carbocycles. The van der Waals surface area contributed by atoms with Crippen molar-refractivity contribution < 1.29 is 4.79 Å². The fraction of sp³-hybridized carbons (Fsp3) is 0.588. The summed E-state index contributed by atoms with van der Waals surface area (Å²) in [6, 6.07) is 1.98. The molecule has 3 unspecified atom stereocenters. The number of carbonyl (C=O) groups is 1. The van der Waals surface area contributed by atoms with Crippen LogP contribution in [0.4, 0.5) is 5.69 Å². The van der Waals surface area contributed by atoms with Gasteiger partial charge in [-0.2, -0.15) is 5.10 Å². The monoisotopic (exact) mass is 298 g/mol. The Morgan fingerprint density at radius 3 is 3.00 bits per heavy atom. The maximum Gasteiger partial charge on any atom is 0.224 e. The average molecular weight is 298 g/mol. The number of carbonyl (C=O) groups excluding carboxylic acids is 1. The molecule has 2 aromatic rings. The van der Waals surface area contributed by atoms with Crippen molar-refractivity contribution in [1.82, 2.24) is 14.8 Å². The first-order chi connectivity index (χ1) is 10.6. The highest BCUT2D eigenvalue weighted by Gasteiger charge is 2.40. The van der Waals surface area contributed by atoms with Crippen LogP contribution in [0.2, 0.25) is 0 Å². The summed E-state index contributed by atoms with van der Waals surface area (Å²) in [5.74, 6) is 2.39. The number of nitrogens with one attached hydrogen (secondary N) is 1. The fourth-order valence-corrected chi connectivity index (χ4v) is 4.45. The number of hydrogen-bond acceptors (Lipinski definition) is 3. The third kappa shape index (κ3) is 2.28. The van der Waals surface area contributed by atoms with Gasteiger partial charge in [-0.05, 0) is 50.0 Å². The van der Waals surface area contributed by atoms with Crippen molar-refractivity contribution in [1.29, 1.82) is 0 Å². The Labute approximate surface area is 130 Å². The zero-order chi connectivity index (χ0) is 15.3. The molecule has 0 radical (unpaired) electrons. The van der Waals surface area contributed by atoms with Crippen molar-refractivity contribution in [2.45, 2.75) is 39.0 Å². The van der Waals surface area contributed by atoms with Crippen LogP contribution in [0.1, 0.15) is 37.8 Å². The average Bonchev–Trinajstić information content (AvgIpc) is 3.15. The first-order valence-corrected chi connectivity index (χ1v) is 8.19. The lowest BCUT2D eigenvalue weighted by Gasteiger charge is -2.20. The van der Waals surface area contributed by atoms with Crippen LogP contribution in [0, 0.1) is 24.7 Å². The van der Waals surface area contributed by atoms with Gasteiger partial charge in [0.25, 0.3) is 0 Å². The highest BCUT2D eigenvalue weighted by atomic mass is 16.1. The highest BCUT2D eigenvalue weighted by molar-refractivity contribution is 5.93. The fourth-order valence-electron chi connectivity index (χ4n) is 4.45. The third-order valence-electron chi connectivity index (χ3n) is 5.48. The van der Waals surface area contributed by atoms with E-state index in [2.05, 4.69) is 15.4 Å². The molecule has 2 aromatic heterocycles. The zero-order valence-electron chi connectivity index (χ0n) is 13.2. The van der Waals surface area contributed by atoms with Crippen LogP contribution >= 0.6 is 0 Å². The Bertz CT molecular complexity index is 736. The van der Waals surface area contributed by atoms with E-state index in [0.717, 1.165) is 34.3 Å². The lowest BCUT2D eigenvalue weighted by molar-refractivity contribution is -0.117. The van der Waals surface area contributed by atoms with E-state index in [9.17, 15) is 4.79 Å². The molecule has 2 heterocycles. The molecule has 5 nitrogen and oxygen atoms in total. The SMILES string of the molecule is Cc1nn(C)c2ncc(NC(=O)CC3CC4CCC3C4)cc12. The standard InChI is InChI=1S/C17H22N4O/c1-10-15-8-14(9-18-17(15)21(2)20-10)19-16(22)7-13-6-11-3-4-12(13)5-11/h8-9,11-13H,3-7H2,1-2H3,(H,19,22). The smallest absolute Gasteiger partial charge is 0.224 e. The lowest BCUT2D eigenvalue weighted by atomic mass is 9.86. The molecule has 0 spiro atoms. The van der Waals surface area contributed by atoms with Crippen molar-refractivity contribution in [3.8, 4) is 0 Å². The van der Waals surface area contributed by atoms with Gasteiger partial charge in [0.2, 0.25) is 5.91 Å². The van der Waals surface area contributed by atoms with E-state index in [1.54, 1.807) is 10.9 Å². The zero-order valence-corrected chi connectivity index (χ0v) is 13.2. The van der Waals surface area contributed by atoms with E-state index in [0.29, 0.717) is 12.3 Å². The first kappa shape index (κ1) is 13.7. The second kappa shape index (κ2) is 5.07. The molecular formula is C17H22N4O. The summed E-state index contributed by atoms with van der Waals surface area (Å²) in [5, 5.41) is 8.38. The molecule has 2 aliphatic rings. The Morgan fingerprint density at radius 1 is 1.41 bits per heavy atom. The maximum absolute atomic E-state index is 12.3. The first-order valence-electron chi connectivity index (χ1n) is 8.19. The number of aryl methyl sites for hydroxylation is 2. The van der Waals surface area contributed by atoms with Crippen LogP contribution in [0.5, 0.6) is 0 Å². The van der Waals surface area contributed by atoms with Gasteiger partial charge in [-0.1, -0.05) is 6.42 Å². The molecule has 2 fully saturated rings. The van der Waals surface area contributed by atoms with Gasteiger partial charge in [-0.15, -0.1) is 0 Å². The van der Waals surface area contributed by atoms with Gasteiger partial charge in [-0.3, -0.25) is 9.48 Å². The second-order valence-corrected chi connectivity index (χ2v) is 6.99. The van der Waals surface area contributed by atoms with Crippen LogP contribution in [0.15, 0.2) is 12.3 Å². The van der Waals surface area contributed by atoms with E-state index < -0.39 is 0 Å². The maximum atomic E-state index is 12.3. The van der Waals surface area contributed by atoms with Gasteiger partial charge in [0.15, 0.2) is 5.65 Å². The number of amides is 1. The van der Waals surface area contributed by atoms with E-state index >= 15 is 0 Å². The molecular weight excluding hydrogens is 276 g/mol. The molecule has 0 aromatic carbocycles. The van der Waals surface area contributed by atoms with E-state index in [1.807, 2.05) is 20.0 Å².